The largest absolute Gasteiger partial charge is 0.329 e. The molecule has 3 heteroatoms. The molecule has 1 aliphatic carbocycles. The van der Waals surface area contributed by atoms with Crippen molar-refractivity contribution in [2.24, 2.45) is 11.7 Å². The summed E-state index contributed by atoms with van der Waals surface area (Å²) in [5, 5.41) is 0. The van der Waals surface area contributed by atoms with Crippen LogP contribution in [0, 0.1) is 5.92 Å². The first-order valence-electron chi connectivity index (χ1n) is 7.60. The van der Waals surface area contributed by atoms with Crippen LogP contribution in [0.1, 0.15) is 44.2 Å². The molecule has 1 fully saturated rings. The summed E-state index contributed by atoms with van der Waals surface area (Å²) >= 11 is 0. The summed E-state index contributed by atoms with van der Waals surface area (Å²) in [6, 6.07) is 6.59. The molecule has 0 amide bonds. The van der Waals surface area contributed by atoms with Gasteiger partial charge in [0, 0.05) is 25.3 Å². The van der Waals surface area contributed by atoms with Crippen molar-refractivity contribution in [2.45, 2.75) is 51.1 Å². The predicted octanol–water partition coefficient (Wildman–Crippen LogP) is 2.81. The van der Waals surface area contributed by atoms with E-state index in [0.717, 1.165) is 24.7 Å². The average Bonchev–Trinajstić information content (AvgIpc) is 2.47. The number of hydrogen-bond acceptors (Lipinski definition) is 3. The van der Waals surface area contributed by atoms with Crippen molar-refractivity contribution in [1.29, 1.82) is 0 Å². The summed E-state index contributed by atoms with van der Waals surface area (Å²) < 4.78 is 0. The van der Waals surface area contributed by atoms with Crippen molar-refractivity contribution in [3.63, 3.8) is 0 Å². The van der Waals surface area contributed by atoms with E-state index in [1.807, 2.05) is 12.3 Å². The first-order chi connectivity index (χ1) is 9.29. The Morgan fingerprint density at radius 2 is 2.11 bits per heavy atom. The molecule has 3 nitrogen and oxygen atoms in total. The molecule has 1 atom stereocenters. The van der Waals surface area contributed by atoms with Gasteiger partial charge in [0.15, 0.2) is 0 Å². The topological polar surface area (TPSA) is 42.2 Å². The van der Waals surface area contributed by atoms with Crippen molar-refractivity contribution in [1.82, 2.24) is 9.88 Å². The maximum atomic E-state index is 5.98. The zero-order valence-corrected chi connectivity index (χ0v) is 12.1. The van der Waals surface area contributed by atoms with Crippen LogP contribution in [0.4, 0.5) is 0 Å². The van der Waals surface area contributed by atoms with Gasteiger partial charge < -0.3 is 5.73 Å². The van der Waals surface area contributed by atoms with E-state index in [2.05, 4.69) is 29.1 Å². The van der Waals surface area contributed by atoms with Crippen molar-refractivity contribution < 1.29 is 0 Å². The van der Waals surface area contributed by atoms with Gasteiger partial charge in [-0.25, -0.2) is 0 Å². The molecule has 0 radical (unpaired) electrons. The lowest BCUT2D eigenvalue weighted by atomic mass is 9.84. The summed E-state index contributed by atoms with van der Waals surface area (Å²) in [4.78, 5) is 6.77. The molecule has 0 saturated heterocycles. The Morgan fingerprint density at radius 1 is 1.32 bits per heavy atom. The first kappa shape index (κ1) is 14.5. The Labute approximate surface area is 117 Å². The van der Waals surface area contributed by atoms with Crippen LogP contribution in [-0.2, 0) is 6.54 Å². The van der Waals surface area contributed by atoms with E-state index in [-0.39, 0.29) is 0 Å². The van der Waals surface area contributed by atoms with Crippen molar-refractivity contribution in [3.8, 4) is 0 Å². The molecule has 19 heavy (non-hydrogen) atoms. The lowest BCUT2D eigenvalue weighted by molar-refractivity contribution is 0.183. The van der Waals surface area contributed by atoms with Crippen LogP contribution in [-0.4, -0.2) is 29.5 Å². The number of rotatable bonds is 6. The van der Waals surface area contributed by atoms with Crippen molar-refractivity contribution >= 4 is 0 Å². The molecule has 1 heterocycles. The van der Waals surface area contributed by atoms with E-state index in [4.69, 9.17) is 5.73 Å². The van der Waals surface area contributed by atoms with E-state index in [1.165, 1.54) is 38.5 Å². The van der Waals surface area contributed by atoms with E-state index >= 15 is 0 Å². The second-order valence-corrected chi connectivity index (χ2v) is 5.87. The fourth-order valence-corrected chi connectivity index (χ4v) is 3.14. The van der Waals surface area contributed by atoms with Crippen molar-refractivity contribution in [3.05, 3.63) is 30.1 Å². The molecule has 2 rings (SSSR count). The third-order valence-electron chi connectivity index (χ3n) is 4.36. The molecule has 106 valence electrons. The van der Waals surface area contributed by atoms with Gasteiger partial charge in [0.05, 0.1) is 5.69 Å². The zero-order valence-electron chi connectivity index (χ0n) is 12.1. The summed E-state index contributed by atoms with van der Waals surface area (Å²) in [6.45, 7) is 1.65. The van der Waals surface area contributed by atoms with Gasteiger partial charge in [-0.1, -0.05) is 38.2 Å². The van der Waals surface area contributed by atoms with Crippen LogP contribution in [0.15, 0.2) is 24.4 Å². The lowest BCUT2D eigenvalue weighted by Gasteiger charge is -2.31. The smallest absolute Gasteiger partial charge is 0.0543 e. The van der Waals surface area contributed by atoms with Gasteiger partial charge in [-0.15, -0.1) is 0 Å². The zero-order chi connectivity index (χ0) is 13.5. The number of aromatic nitrogens is 1. The normalized spacial score (nSPS) is 18.7. The molecule has 1 unspecified atom stereocenters. The SMILES string of the molecule is CN(Cc1ccccn1)C(CN)CC1CCCCC1. The maximum Gasteiger partial charge on any atom is 0.0543 e. The number of nitrogens with zero attached hydrogens (tertiary/aromatic N) is 2. The minimum absolute atomic E-state index is 0.491. The minimum Gasteiger partial charge on any atom is -0.329 e. The fourth-order valence-electron chi connectivity index (χ4n) is 3.14. The second-order valence-electron chi connectivity index (χ2n) is 5.87. The van der Waals surface area contributed by atoms with Gasteiger partial charge in [-0.2, -0.15) is 0 Å². The van der Waals surface area contributed by atoms with Crippen LogP contribution in [0.25, 0.3) is 0 Å². The molecule has 1 aromatic heterocycles. The Balaban J connectivity index is 1.85. The number of nitrogens with two attached hydrogens (primary N) is 1. The number of likely N-dealkylation sites (N-methyl/N-ethyl adjacent to an activating group) is 1. The van der Waals surface area contributed by atoms with Gasteiger partial charge in [0.2, 0.25) is 0 Å². The Kier molecular flexibility index (Phi) is 5.80. The van der Waals surface area contributed by atoms with Gasteiger partial charge in [0.1, 0.15) is 0 Å². The molecule has 0 aliphatic heterocycles. The molecule has 1 saturated carbocycles. The molecule has 0 bridgehead atoms. The third kappa shape index (κ3) is 4.59. The lowest BCUT2D eigenvalue weighted by Crippen LogP contribution is -2.39. The second kappa shape index (κ2) is 7.61. The molecule has 1 aromatic rings. The van der Waals surface area contributed by atoms with Gasteiger partial charge in [-0.05, 0) is 31.5 Å². The van der Waals surface area contributed by atoms with Crippen LogP contribution in [0.3, 0.4) is 0 Å². The summed E-state index contributed by atoms with van der Waals surface area (Å²) in [6.07, 6.45) is 10.1. The van der Waals surface area contributed by atoms with E-state index < -0.39 is 0 Å². The van der Waals surface area contributed by atoms with Crippen LogP contribution >= 0.6 is 0 Å². The molecule has 1 aliphatic rings. The highest BCUT2D eigenvalue weighted by atomic mass is 15.1. The number of pyridine rings is 1. The van der Waals surface area contributed by atoms with Gasteiger partial charge in [0.25, 0.3) is 0 Å². The average molecular weight is 261 g/mol. The summed E-state index contributed by atoms with van der Waals surface area (Å²) in [5.74, 6) is 0.883. The highest BCUT2D eigenvalue weighted by molar-refractivity contribution is 5.03. The minimum atomic E-state index is 0.491. The fraction of sp³-hybridized carbons (Fsp3) is 0.688. The van der Waals surface area contributed by atoms with Crippen LogP contribution in [0.5, 0.6) is 0 Å². The standard InChI is InChI=1S/C16H27N3/c1-19(13-15-9-5-6-10-18-15)16(12-17)11-14-7-3-2-4-8-14/h5-6,9-10,14,16H,2-4,7-8,11-13,17H2,1H3. The van der Waals surface area contributed by atoms with Crippen molar-refractivity contribution in [2.75, 3.05) is 13.6 Å². The van der Waals surface area contributed by atoms with Gasteiger partial charge >= 0.3 is 0 Å². The Morgan fingerprint density at radius 3 is 2.74 bits per heavy atom. The quantitative estimate of drug-likeness (QED) is 0.856. The third-order valence-corrected chi connectivity index (χ3v) is 4.36. The molecule has 2 N–H and O–H groups in total. The first-order valence-corrected chi connectivity index (χ1v) is 7.60. The monoisotopic (exact) mass is 261 g/mol. The van der Waals surface area contributed by atoms with Crippen LogP contribution in [0.2, 0.25) is 0 Å². The van der Waals surface area contributed by atoms with Crippen LogP contribution < -0.4 is 5.73 Å². The predicted molar refractivity (Wildman–Crippen MR) is 79.7 cm³/mol. The maximum absolute atomic E-state index is 5.98. The van der Waals surface area contributed by atoms with E-state index in [9.17, 15) is 0 Å². The highest BCUT2D eigenvalue weighted by Gasteiger charge is 2.21. The van der Waals surface area contributed by atoms with E-state index in [1.54, 1.807) is 0 Å². The Bertz CT molecular complexity index is 346. The molecular weight excluding hydrogens is 234 g/mol. The summed E-state index contributed by atoms with van der Waals surface area (Å²) in [7, 11) is 2.18. The Hall–Kier alpha value is -0.930. The molecule has 0 spiro atoms. The van der Waals surface area contributed by atoms with E-state index in [0.29, 0.717) is 6.04 Å². The number of hydrogen-bond donors (Lipinski definition) is 1. The summed E-state index contributed by atoms with van der Waals surface area (Å²) in [5.41, 5.74) is 7.11. The molecule has 0 aromatic carbocycles. The van der Waals surface area contributed by atoms with Gasteiger partial charge in [-0.3, -0.25) is 9.88 Å². The highest BCUT2D eigenvalue weighted by Crippen LogP contribution is 2.28. The molecular formula is C16H27N3.